The first-order valence-corrected chi connectivity index (χ1v) is 28.4. The van der Waals surface area contributed by atoms with Gasteiger partial charge >= 0.3 is 17.9 Å². The minimum Gasteiger partial charge on any atom is -0.462 e. The van der Waals surface area contributed by atoms with Crippen LogP contribution in [0.5, 0.6) is 0 Å². The van der Waals surface area contributed by atoms with E-state index in [9.17, 15) is 14.4 Å². The van der Waals surface area contributed by atoms with Crippen molar-refractivity contribution in [2.75, 3.05) is 13.2 Å². The molecule has 0 aliphatic heterocycles. The fraction of sp³-hybridized carbons (Fsp3) is 0.667. The number of carbonyl (C=O) groups is 3. The molecular formula is C63H104O6. The number of hydrogen-bond donors (Lipinski definition) is 0. The monoisotopic (exact) mass is 957 g/mol. The highest BCUT2D eigenvalue weighted by molar-refractivity contribution is 5.71. The molecule has 0 radical (unpaired) electrons. The summed E-state index contributed by atoms with van der Waals surface area (Å²) in [6, 6.07) is 0. The number of allylic oxidation sites excluding steroid dienone is 18. The average Bonchev–Trinajstić information content (AvgIpc) is 3.35. The van der Waals surface area contributed by atoms with E-state index in [0.717, 1.165) is 103 Å². The molecule has 0 aromatic carbocycles. The molecule has 69 heavy (non-hydrogen) atoms. The predicted molar refractivity (Wildman–Crippen MR) is 297 cm³/mol. The zero-order valence-corrected chi connectivity index (χ0v) is 44.8. The highest BCUT2D eigenvalue weighted by Crippen LogP contribution is 2.15. The third-order valence-electron chi connectivity index (χ3n) is 11.8. The van der Waals surface area contributed by atoms with Gasteiger partial charge in [0.2, 0.25) is 0 Å². The molecule has 0 bridgehead atoms. The van der Waals surface area contributed by atoms with E-state index in [4.69, 9.17) is 14.2 Å². The van der Waals surface area contributed by atoms with Gasteiger partial charge in [-0.05, 0) is 96.3 Å². The van der Waals surface area contributed by atoms with Crippen molar-refractivity contribution in [3.05, 3.63) is 109 Å². The highest BCUT2D eigenvalue weighted by atomic mass is 16.6. The van der Waals surface area contributed by atoms with E-state index in [1.54, 1.807) is 0 Å². The Morgan fingerprint density at radius 3 is 1.00 bits per heavy atom. The second kappa shape index (κ2) is 56.7. The molecule has 0 saturated heterocycles. The van der Waals surface area contributed by atoms with Gasteiger partial charge in [0.1, 0.15) is 13.2 Å². The van der Waals surface area contributed by atoms with Crippen LogP contribution in [-0.2, 0) is 28.6 Å². The summed E-state index contributed by atoms with van der Waals surface area (Å²) in [7, 11) is 0. The lowest BCUT2D eigenvalue weighted by Gasteiger charge is -2.18. The Balaban J connectivity index is 4.54. The van der Waals surface area contributed by atoms with Crippen LogP contribution in [0.4, 0.5) is 0 Å². The molecular weight excluding hydrogens is 853 g/mol. The first kappa shape index (κ1) is 65.1. The maximum absolute atomic E-state index is 12.8. The zero-order valence-electron chi connectivity index (χ0n) is 44.8. The van der Waals surface area contributed by atoms with Crippen molar-refractivity contribution in [3.63, 3.8) is 0 Å². The van der Waals surface area contributed by atoms with Crippen LogP contribution in [0.2, 0.25) is 0 Å². The number of carbonyl (C=O) groups excluding carboxylic acids is 3. The molecule has 6 heteroatoms. The molecule has 0 unspecified atom stereocenters. The fourth-order valence-electron chi connectivity index (χ4n) is 7.53. The SMILES string of the molecule is CC/C=C\C/C=C\C/C=C\C/C=C\CCCCCCC(=O)OC[C@H](COC(=O)CC/C=C\C/C=C\C/C=C\C/C=C\C/C=C\CCCCC)OC(=O)CCCCCCCCCCCCCCCCC. The summed E-state index contributed by atoms with van der Waals surface area (Å²) >= 11 is 0. The standard InChI is InChI=1S/C63H104O6/c1-4-7-10-13-16-19-22-25-28-30-31-33-36-38-41-44-47-50-53-56-62(65)68-59-60(69-63(66)57-54-51-48-45-42-39-34-27-24-21-18-15-12-9-6-3)58-67-61(64)55-52-49-46-43-40-37-35-32-29-26-23-20-17-14-11-8-5-2/h8,11,16-17,19-20,25-26,28-29,31,33,35,37-38,41,47,50,60H,4-7,9-10,12-15,18,21-24,27,30,32,34,36,39-40,42-46,48-49,51-59H2,1-3H3/b11-8-,19-16-,20-17-,28-25-,29-26-,33-31-,37-35-,41-38-,50-47-/t60-/m1/s1. The van der Waals surface area contributed by atoms with E-state index < -0.39 is 6.10 Å². The second-order valence-electron chi connectivity index (χ2n) is 18.5. The molecule has 6 nitrogen and oxygen atoms in total. The summed E-state index contributed by atoms with van der Waals surface area (Å²) < 4.78 is 16.8. The smallest absolute Gasteiger partial charge is 0.306 e. The molecule has 0 aliphatic carbocycles. The lowest BCUT2D eigenvalue weighted by molar-refractivity contribution is -0.166. The van der Waals surface area contributed by atoms with Crippen molar-refractivity contribution in [1.82, 2.24) is 0 Å². The molecule has 0 rings (SSSR count). The molecule has 0 aliphatic rings. The molecule has 392 valence electrons. The van der Waals surface area contributed by atoms with Crippen molar-refractivity contribution in [2.45, 2.75) is 258 Å². The third kappa shape index (κ3) is 54.9. The summed E-state index contributed by atoms with van der Waals surface area (Å²) in [5.74, 6) is -1.02. The first-order valence-electron chi connectivity index (χ1n) is 28.4. The topological polar surface area (TPSA) is 78.9 Å². The van der Waals surface area contributed by atoms with Crippen LogP contribution in [0.15, 0.2) is 109 Å². The molecule has 0 spiro atoms. The average molecular weight is 958 g/mol. The van der Waals surface area contributed by atoms with E-state index >= 15 is 0 Å². The van der Waals surface area contributed by atoms with Crippen molar-refractivity contribution >= 4 is 17.9 Å². The summed E-state index contributed by atoms with van der Waals surface area (Å²) in [5, 5.41) is 0. The van der Waals surface area contributed by atoms with Gasteiger partial charge in [-0.25, -0.2) is 0 Å². The Kier molecular flexibility index (Phi) is 53.4. The summed E-state index contributed by atoms with van der Waals surface area (Å²) in [6.45, 7) is 6.42. The van der Waals surface area contributed by atoms with Crippen LogP contribution in [-0.4, -0.2) is 37.2 Å². The van der Waals surface area contributed by atoms with Gasteiger partial charge in [0.15, 0.2) is 6.10 Å². The Labute approximate surface area is 425 Å². The Morgan fingerprint density at radius 2 is 0.594 bits per heavy atom. The van der Waals surface area contributed by atoms with E-state index in [0.29, 0.717) is 19.3 Å². The Bertz CT molecular complexity index is 1420. The van der Waals surface area contributed by atoms with Gasteiger partial charge in [0.05, 0.1) is 0 Å². The number of unbranched alkanes of at least 4 members (excludes halogenated alkanes) is 21. The Hall–Kier alpha value is -3.93. The van der Waals surface area contributed by atoms with E-state index in [-0.39, 0.29) is 37.5 Å². The molecule has 0 N–H and O–H groups in total. The quantitative estimate of drug-likeness (QED) is 0.0262. The van der Waals surface area contributed by atoms with Gasteiger partial charge in [0.25, 0.3) is 0 Å². The number of ether oxygens (including phenoxy) is 3. The normalized spacial score (nSPS) is 12.9. The maximum atomic E-state index is 12.8. The van der Waals surface area contributed by atoms with Gasteiger partial charge in [0, 0.05) is 19.3 Å². The number of hydrogen-bond acceptors (Lipinski definition) is 6. The lowest BCUT2D eigenvalue weighted by Crippen LogP contribution is -2.30. The summed E-state index contributed by atoms with van der Waals surface area (Å²) in [4.78, 5) is 38.1. The summed E-state index contributed by atoms with van der Waals surface area (Å²) in [6.07, 6.45) is 76.6. The molecule has 0 aromatic rings. The first-order chi connectivity index (χ1) is 34.0. The van der Waals surface area contributed by atoms with Crippen LogP contribution < -0.4 is 0 Å². The molecule has 0 heterocycles. The van der Waals surface area contributed by atoms with Crippen LogP contribution in [0.3, 0.4) is 0 Å². The van der Waals surface area contributed by atoms with Crippen LogP contribution >= 0.6 is 0 Å². The van der Waals surface area contributed by atoms with E-state index in [1.807, 2.05) is 6.08 Å². The molecule has 0 saturated carbocycles. The zero-order chi connectivity index (χ0) is 50.0. The molecule has 0 aromatic heterocycles. The van der Waals surface area contributed by atoms with Gasteiger partial charge in [-0.3, -0.25) is 14.4 Å². The molecule has 1 atom stereocenters. The van der Waals surface area contributed by atoms with E-state index in [2.05, 4.69) is 124 Å². The minimum atomic E-state index is -0.819. The van der Waals surface area contributed by atoms with Crippen molar-refractivity contribution in [2.24, 2.45) is 0 Å². The minimum absolute atomic E-state index is 0.114. The number of esters is 3. The number of rotatable bonds is 50. The third-order valence-corrected chi connectivity index (χ3v) is 11.8. The Morgan fingerprint density at radius 1 is 0.304 bits per heavy atom. The predicted octanol–water partition coefficient (Wildman–Crippen LogP) is 19.1. The fourth-order valence-corrected chi connectivity index (χ4v) is 7.53. The van der Waals surface area contributed by atoms with Gasteiger partial charge < -0.3 is 14.2 Å². The summed E-state index contributed by atoms with van der Waals surface area (Å²) in [5.41, 5.74) is 0. The maximum Gasteiger partial charge on any atom is 0.306 e. The van der Waals surface area contributed by atoms with Gasteiger partial charge in [-0.15, -0.1) is 0 Å². The van der Waals surface area contributed by atoms with Crippen molar-refractivity contribution < 1.29 is 28.6 Å². The van der Waals surface area contributed by atoms with Gasteiger partial charge in [-0.2, -0.15) is 0 Å². The molecule has 0 amide bonds. The van der Waals surface area contributed by atoms with Crippen LogP contribution in [0.1, 0.15) is 252 Å². The van der Waals surface area contributed by atoms with Crippen LogP contribution in [0.25, 0.3) is 0 Å². The van der Waals surface area contributed by atoms with Crippen molar-refractivity contribution in [3.8, 4) is 0 Å². The van der Waals surface area contributed by atoms with Gasteiger partial charge in [-0.1, -0.05) is 246 Å². The largest absolute Gasteiger partial charge is 0.462 e. The van der Waals surface area contributed by atoms with Crippen molar-refractivity contribution in [1.29, 1.82) is 0 Å². The molecule has 0 fully saturated rings. The second-order valence-corrected chi connectivity index (χ2v) is 18.5. The highest BCUT2D eigenvalue weighted by Gasteiger charge is 2.19. The van der Waals surface area contributed by atoms with E-state index in [1.165, 1.54) is 103 Å². The lowest BCUT2D eigenvalue weighted by atomic mass is 10.0. The van der Waals surface area contributed by atoms with Crippen LogP contribution in [0, 0.1) is 0 Å².